The number of hydrogen-bond donors (Lipinski definition) is 7. The summed E-state index contributed by atoms with van der Waals surface area (Å²) in [5.74, 6) is -0.925. The zero-order valence-electron chi connectivity index (χ0n) is 36.1. The lowest BCUT2D eigenvalue weighted by Gasteiger charge is -2.19. The van der Waals surface area contributed by atoms with Crippen LogP contribution in [0.3, 0.4) is 0 Å². The van der Waals surface area contributed by atoms with Crippen molar-refractivity contribution in [3.63, 3.8) is 0 Å². The maximum atomic E-state index is 12.4. The summed E-state index contributed by atoms with van der Waals surface area (Å²) in [6.07, 6.45) is -0.926. The summed E-state index contributed by atoms with van der Waals surface area (Å²) in [5.41, 5.74) is 6.22. The fraction of sp³-hybridized carbons (Fsp3) is 0.465. The predicted octanol–water partition coefficient (Wildman–Crippen LogP) is 5.32. The number of amides is 2. The molecule has 0 fully saturated rings. The Kier molecular flexibility index (Phi) is 20.8. The Bertz CT molecular complexity index is 2100. The van der Waals surface area contributed by atoms with Gasteiger partial charge in [-0.15, -0.1) is 0 Å². The van der Waals surface area contributed by atoms with Crippen molar-refractivity contribution in [2.45, 2.75) is 52.7 Å². The number of aromatic carboxylic acids is 1. The lowest BCUT2D eigenvalue weighted by atomic mass is 9.90. The number of aromatic hydroxyl groups is 1. The monoisotopic (exact) mass is 885 g/mol. The molecule has 2 aromatic rings. The molecule has 0 saturated carbocycles. The molecule has 0 bridgehead atoms. The second-order valence-corrected chi connectivity index (χ2v) is 15.8. The van der Waals surface area contributed by atoms with Crippen molar-refractivity contribution in [2.75, 3.05) is 84.4 Å². The molecule has 0 radical (unpaired) electrons. The van der Waals surface area contributed by atoms with Crippen LogP contribution in [0.1, 0.15) is 51.9 Å². The van der Waals surface area contributed by atoms with Gasteiger partial charge in [0.1, 0.15) is 28.3 Å². The number of anilines is 1. The quantitative estimate of drug-likeness (QED) is 0.0337. The van der Waals surface area contributed by atoms with Gasteiger partial charge in [0, 0.05) is 60.5 Å². The second-order valence-electron chi connectivity index (χ2n) is 15.4. The molecule has 2 aromatic carbocycles. The van der Waals surface area contributed by atoms with E-state index in [0.717, 1.165) is 0 Å². The van der Waals surface area contributed by atoms with Crippen LogP contribution in [-0.4, -0.2) is 124 Å². The largest absolute Gasteiger partial charge is 0.508 e. The van der Waals surface area contributed by atoms with Gasteiger partial charge in [0.15, 0.2) is 10.5 Å². The van der Waals surface area contributed by atoms with Crippen LogP contribution >= 0.6 is 12.2 Å². The molecule has 1 heterocycles. The number of carbonyl (C=O) groups is 3. The maximum absolute atomic E-state index is 12.4. The van der Waals surface area contributed by atoms with E-state index in [2.05, 4.69) is 21.3 Å². The Hall–Kier alpha value is -5.57. The Morgan fingerprint density at radius 3 is 1.76 bits per heavy atom. The van der Waals surface area contributed by atoms with Gasteiger partial charge in [-0.05, 0) is 95.7 Å². The van der Waals surface area contributed by atoms with E-state index in [9.17, 15) is 29.4 Å². The number of carbonyl (C=O) groups excluding carboxylic acids is 2. The van der Waals surface area contributed by atoms with Gasteiger partial charge in [-0.25, -0.2) is 14.4 Å². The van der Waals surface area contributed by atoms with Gasteiger partial charge in [-0.2, -0.15) is 0 Å². The van der Waals surface area contributed by atoms with Gasteiger partial charge in [0.2, 0.25) is 0 Å². The number of fused-ring (bicyclic) bond motifs is 2. The third-order valence-corrected chi connectivity index (χ3v) is 8.07. The third-order valence-electron chi connectivity index (χ3n) is 7.82. The smallest absolute Gasteiger partial charge is 0.407 e. The minimum atomic E-state index is -1.16. The summed E-state index contributed by atoms with van der Waals surface area (Å²) in [5, 5.41) is 32.2. The molecule has 19 heteroatoms. The molecule has 340 valence electrons. The topological polar surface area (TPSA) is 251 Å². The van der Waals surface area contributed by atoms with E-state index in [4.69, 9.17) is 50.8 Å². The van der Waals surface area contributed by atoms with Crippen LogP contribution < -0.4 is 32.4 Å². The highest BCUT2D eigenvalue weighted by Gasteiger charge is 2.23. The summed E-state index contributed by atoms with van der Waals surface area (Å²) >= 11 is 5.36. The van der Waals surface area contributed by atoms with Crippen molar-refractivity contribution in [3.8, 4) is 28.2 Å². The normalized spacial score (nSPS) is 11.3. The van der Waals surface area contributed by atoms with Gasteiger partial charge in [-0.1, -0.05) is 6.07 Å². The predicted molar refractivity (Wildman–Crippen MR) is 238 cm³/mol. The highest BCUT2D eigenvalue weighted by atomic mass is 32.1. The molecule has 0 unspecified atom stereocenters. The average Bonchev–Trinajstić information content (AvgIpc) is 3.17. The number of nitrogens with one attached hydrogen (secondary N) is 4. The number of hydrogen-bond acceptors (Lipinski definition) is 14. The SMILES string of the molecule is CC(C)(C)OC(=O)NCCOCCOCCN.CC(C)(C)OC(=O)NCCOCCOCCNC(=S)Nc1ccc(-c2c3ccc(=O)cc-3oc3cc(O)ccc23)c(C(=O)O)c1. The van der Waals surface area contributed by atoms with Crippen LogP contribution in [0.4, 0.5) is 15.3 Å². The van der Waals surface area contributed by atoms with Gasteiger partial charge >= 0.3 is 18.2 Å². The van der Waals surface area contributed by atoms with Gasteiger partial charge in [-0.3, -0.25) is 4.79 Å². The van der Waals surface area contributed by atoms with Gasteiger partial charge < -0.3 is 70.1 Å². The molecule has 1 aliphatic heterocycles. The van der Waals surface area contributed by atoms with Gasteiger partial charge in [0.05, 0.1) is 58.4 Å². The number of rotatable bonds is 20. The number of alkyl carbamates (subject to hydrolysis) is 2. The summed E-state index contributed by atoms with van der Waals surface area (Å²) < 4.78 is 37.3. The first-order chi connectivity index (χ1) is 29.4. The van der Waals surface area contributed by atoms with Crippen molar-refractivity contribution >= 4 is 52.1 Å². The van der Waals surface area contributed by atoms with E-state index in [1.165, 1.54) is 30.3 Å². The van der Waals surface area contributed by atoms with Crippen molar-refractivity contribution in [2.24, 2.45) is 5.73 Å². The van der Waals surface area contributed by atoms with E-state index in [1.807, 2.05) is 20.8 Å². The maximum Gasteiger partial charge on any atom is 0.407 e. The number of benzene rings is 3. The number of phenols is 1. The molecule has 0 aromatic heterocycles. The fourth-order valence-electron chi connectivity index (χ4n) is 5.38. The number of carboxylic acids is 1. The van der Waals surface area contributed by atoms with E-state index in [1.54, 1.807) is 45.0 Å². The van der Waals surface area contributed by atoms with Crippen LogP contribution in [0, 0.1) is 0 Å². The Morgan fingerprint density at radius 2 is 1.23 bits per heavy atom. The third kappa shape index (κ3) is 19.0. The van der Waals surface area contributed by atoms with Crippen LogP contribution in [0.15, 0.2) is 63.8 Å². The Balaban J connectivity index is 0.000000509. The summed E-state index contributed by atoms with van der Waals surface area (Å²) in [6, 6.07) is 13.7. The van der Waals surface area contributed by atoms with Crippen LogP contribution in [0.2, 0.25) is 0 Å². The summed E-state index contributed by atoms with van der Waals surface area (Å²) in [6.45, 7) is 15.8. The van der Waals surface area contributed by atoms with E-state index in [0.29, 0.717) is 112 Å². The first-order valence-corrected chi connectivity index (χ1v) is 20.3. The van der Waals surface area contributed by atoms with E-state index >= 15 is 0 Å². The molecule has 0 spiro atoms. The first-order valence-electron chi connectivity index (χ1n) is 19.9. The number of thiocarbonyl (C=S) groups is 1. The molecule has 2 aliphatic rings. The Morgan fingerprint density at radius 1 is 0.694 bits per heavy atom. The zero-order valence-corrected chi connectivity index (χ0v) is 36.9. The summed E-state index contributed by atoms with van der Waals surface area (Å²) in [4.78, 5) is 47.2. The molecular weight excluding hydrogens is 827 g/mol. The highest BCUT2D eigenvalue weighted by molar-refractivity contribution is 7.80. The number of nitrogens with two attached hydrogens (primary N) is 1. The lowest BCUT2D eigenvalue weighted by molar-refractivity contribution is 0.0404. The van der Waals surface area contributed by atoms with Crippen molar-refractivity contribution < 1.29 is 57.4 Å². The molecule has 4 rings (SSSR count). The zero-order chi connectivity index (χ0) is 45.7. The molecular formula is C43H59N5O13S. The van der Waals surface area contributed by atoms with Gasteiger partial charge in [0.25, 0.3) is 0 Å². The molecule has 62 heavy (non-hydrogen) atoms. The highest BCUT2D eigenvalue weighted by Crippen LogP contribution is 2.42. The molecule has 0 atom stereocenters. The standard InChI is InChI=1S/C32H35N3O9S.C11H24N2O4/c1-32(2,3)44-31(40)34-11-13-42-15-14-41-12-10-33-30(45)35-19-4-7-22(25(16-19)29(38)39)28-23-8-5-20(36)17-26(23)43-27-18-21(37)6-9-24(27)28;1-11(2,3)17-10(14)13-5-7-16-9-8-15-6-4-12/h4-9,16-18,36H,10-15H2,1-3H3,(H,34,40)(H,38,39)(H2,33,35,45);4-9,12H2,1-3H3,(H,13,14). The minimum Gasteiger partial charge on any atom is -0.508 e. The molecule has 0 saturated heterocycles. The number of carboxylic acid groups (broad SMARTS) is 1. The number of ether oxygens (including phenoxy) is 6. The molecule has 2 amide bonds. The van der Waals surface area contributed by atoms with Crippen molar-refractivity contribution in [3.05, 3.63) is 70.4 Å². The van der Waals surface area contributed by atoms with Crippen molar-refractivity contribution in [1.82, 2.24) is 16.0 Å². The number of phenolic OH excluding ortho intramolecular Hbond substituents is 1. The van der Waals surface area contributed by atoms with Crippen LogP contribution in [0.5, 0.6) is 5.75 Å². The molecule has 1 aliphatic carbocycles. The van der Waals surface area contributed by atoms with Crippen LogP contribution in [0.25, 0.3) is 33.4 Å². The molecule has 8 N–H and O–H groups in total. The second kappa shape index (κ2) is 25.4. The fourth-order valence-corrected chi connectivity index (χ4v) is 5.60. The first kappa shape index (κ1) is 50.8. The Labute approximate surface area is 366 Å². The van der Waals surface area contributed by atoms with Crippen LogP contribution in [-0.2, 0) is 28.4 Å². The van der Waals surface area contributed by atoms with Crippen molar-refractivity contribution in [1.29, 1.82) is 0 Å². The lowest BCUT2D eigenvalue weighted by Crippen LogP contribution is -2.34. The van der Waals surface area contributed by atoms with E-state index < -0.39 is 29.4 Å². The van der Waals surface area contributed by atoms with E-state index in [-0.39, 0.29) is 27.6 Å². The minimum absolute atomic E-state index is 0.000466. The average molecular weight is 886 g/mol. The summed E-state index contributed by atoms with van der Waals surface area (Å²) in [7, 11) is 0. The molecule has 18 nitrogen and oxygen atoms in total.